The van der Waals surface area contributed by atoms with Crippen LogP contribution in [0.1, 0.15) is 38.5 Å². The van der Waals surface area contributed by atoms with Crippen molar-refractivity contribution in [2.45, 2.75) is 45.1 Å². The maximum Gasteiger partial charge on any atom is 0.311 e. The number of fused-ring (bicyclic) bond motifs is 1. The minimum Gasteiger partial charge on any atom is -0.481 e. The Labute approximate surface area is 151 Å². The standard InChI is InChI=1S/C19H23N3O4/c23-16(20-12-19(18(25)26)9-4-1-5-10-19)8-11-22-13-21-15-7-3-2-6-14(15)17(22)24/h2-3,6-7,13H,1,4-5,8-12H2,(H,20,23)(H,25,26). The van der Waals surface area contributed by atoms with E-state index in [1.165, 1.54) is 10.9 Å². The van der Waals surface area contributed by atoms with Gasteiger partial charge in [-0.3, -0.25) is 19.0 Å². The molecule has 1 aliphatic rings. The third kappa shape index (κ3) is 3.76. The molecule has 1 fully saturated rings. The van der Waals surface area contributed by atoms with Crippen LogP contribution in [0.2, 0.25) is 0 Å². The highest BCUT2D eigenvalue weighted by molar-refractivity contribution is 5.79. The van der Waals surface area contributed by atoms with Crippen molar-refractivity contribution in [1.29, 1.82) is 0 Å². The molecule has 0 saturated heterocycles. The Bertz CT molecular complexity index is 868. The van der Waals surface area contributed by atoms with E-state index in [1.807, 2.05) is 6.07 Å². The van der Waals surface area contributed by atoms with Crippen molar-refractivity contribution in [3.8, 4) is 0 Å². The predicted molar refractivity (Wildman–Crippen MR) is 96.8 cm³/mol. The van der Waals surface area contributed by atoms with Gasteiger partial charge in [0.15, 0.2) is 0 Å². The minimum absolute atomic E-state index is 0.107. The number of hydrogen-bond acceptors (Lipinski definition) is 4. The smallest absolute Gasteiger partial charge is 0.311 e. The van der Waals surface area contributed by atoms with Crippen LogP contribution in [0.15, 0.2) is 35.4 Å². The lowest BCUT2D eigenvalue weighted by Crippen LogP contribution is -2.44. The van der Waals surface area contributed by atoms with Gasteiger partial charge in [0.05, 0.1) is 22.6 Å². The fraction of sp³-hybridized carbons (Fsp3) is 0.474. The second kappa shape index (κ2) is 7.68. The van der Waals surface area contributed by atoms with Crippen molar-refractivity contribution in [2.75, 3.05) is 6.54 Å². The Morgan fingerprint density at radius 2 is 1.92 bits per heavy atom. The summed E-state index contributed by atoms with van der Waals surface area (Å²) in [6.45, 7) is 0.356. The van der Waals surface area contributed by atoms with Crippen molar-refractivity contribution < 1.29 is 14.7 Å². The van der Waals surface area contributed by atoms with E-state index in [0.717, 1.165) is 19.3 Å². The number of benzene rings is 1. The number of nitrogens with one attached hydrogen (secondary N) is 1. The molecule has 138 valence electrons. The van der Waals surface area contributed by atoms with E-state index >= 15 is 0 Å². The highest BCUT2D eigenvalue weighted by Crippen LogP contribution is 2.36. The number of carbonyl (C=O) groups excluding carboxylic acids is 1. The summed E-state index contributed by atoms with van der Waals surface area (Å²) in [5.41, 5.74) is -0.411. The van der Waals surface area contributed by atoms with E-state index in [9.17, 15) is 19.5 Å². The van der Waals surface area contributed by atoms with Gasteiger partial charge in [-0.2, -0.15) is 0 Å². The normalized spacial score (nSPS) is 16.3. The Hall–Kier alpha value is -2.70. The Kier molecular flexibility index (Phi) is 5.35. The quantitative estimate of drug-likeness (QED) is 0.823. The summed E-state index contributed by atoms with van der Waals surface area (Å²) in [5, 5.41) is 12.8. The number of aryl methyl sites for hydroxylation is 1. The first-order valence-corrected chi connectivity index (χ1v) is 8.96. The van der Waals surface area contributed by atoms with Crippen LogP contribution in [-0.2, 0) is 16.1 Å². The van der Waals surface area contributed by atoms with Gasteiger partial charge in [0.1, 0.15) is 0 Å². The average molecular weight is 357 g/mol. The number of aromatic nitrogens is 2. The molecule has 1 amide bonds. The fourth-order valence-corrected chi connectivity index (χ4v) is 3.54. The number of carboxylic acids is 1. The highest BCUT2D eigenvalue weighted by atomic mass is 16.4. The van der Waals surface area contributed by atoms with Crippen molar-refractivity contribution in [1.82, 2.24) is 14.9 Å². The highest BCUT2D eigenvalue weighted by Gasteiger charge is 2.39. The molecule has 0 unspecified atom stereocenters. The number of carbonyl (C=O) groups is 2. The summed E-state index contributed by atoms with van der Waals surface area (Å²) in [4.78, 5) is 40.4. The van der Waals surface area contributed by atoms with Crippen molar-refractivity contribution in [2.24, 2.45) is 5.41 Å². The monoisotopic (exact) mass is 357 g/mol. The summed E-state index contributed by atoms with van der Waals surface area (Å²) in [5.74, 6) is -1.09. The van der Waals surface area contributed by atoms with E-state index < -0.39 is 11.4 Å². The average Bonchev–Trinajstić information content (AvgIpc) is 2.66. The molecule has 2 N–H and O–H groups in total. The van der Waals surface area contributed by atoms with E-state index in [4.69, 9.17) is 0 Å². The van der Waals surface area contributed by atoms with Gasteiger partial charge in [0, 0.05) is 19.5 Å². The molecule has 1 aromatic carbocycles. The zero-order valence-corrected chi connectivity index (χ0v) is 14.6. The maximum atomic E-state index is 12.4. The first-order valence-electron chi connectivity index (χ1n) is 8.96. The van der Waals surface area contributed by atoms with Crippen LogP contribution in [0.4, 0.5) is 0 Å². The van der Waals surface area contributed by atoms with Gasteiger partial charge >= 0.3 is 5.97 Å². The molecule has 0 radical (unpaired) electrons. The van der Waals surface area contributed by atoms with Gasteiger partial charge in [0.2, 0.25) is 5.91 Å². The zero-order chi connectivity index (χ0) is 18.6. The van der Waals surface area contributed by atoms with Gasteiger partial charge in [-0.25, -0.2) is 4.98 Å². The first kappa shape index (κ1) is 18.1. The number of amides is 1. The summed E-state index contributed by atoms with van der Waals surface area (Å²) in [6.07, 6.45) is 5.53. The summed E-state index contributed by atoms with van der Waals surface area (Å²) in [7, 11) is 0. The molecule has 26 heavy (non-hydrogen) atoms. The van der Waals surface area contributed by atoms with Gasteiger partial charge in [-0.15, -0.1) is 0 Å². The molecule has 0 spiro atoms. The number of nitrogens with zero attached hydrogens (tertiary/aromatic N) is 2. The van der Waals surface area contributed by atoms with Gasteiger partial charge in [-0.1, -0.05) is 31.4 Å². The predicted octanol–water partition coefficient (Wildman–Crippen LogP) is 1.94. The molecule has 0 atom stereocenters. The lowest BCUT2D eigenvalue weighted by Gasteiger charge is -2.33. The van der Waals surface area contributed by atoms with Crippen LogP contribution < -0.4 is 10.9 Å². The molecule has 0 aliphatic heterocycles. The lowest BCUT2D eigenvalue weighted by atomic mass is 9.74. The Morgan fingerprint density at radius 3 is 2.65 bits per heavy atom. The molecular formula is C19H23N3O4. The number of carboxylic acid groups (broad SMARTS) is 1. The molecule has 2 aromatic rings. The van der Waals surface area contributed by atoms with Gasteiger partial charge in [-0.05, 0) is 25.0 Å². The van der Waals surface area contributed by atoms with Crippen LogP contribution in [-0.4, -0.2) is 33.1 Å². The third-order valence-electron chi connectivity index (χ3n) is 5.20. The second-order valence-corrected chi connectivity index (χ2v) is 6.93. The molecule has 1 saturated carbocycles. The molecule has 7 nitrogen and oxygen atoms in total. The molecule has 7 heteroatoms. The molecule has 1 heterocycles. The van der Waals surface area contributed by atoms with Crippen molar-refractivity contribution in [3.63, 3.8) is 0 Å². The third-order valence-corrected chi connectivity index (χ3v) is 5.20. The topological polar surface area (TPSA) is 101 Å². The van der Waals surface area contributed by atoms with Crippen molar-refractivity contribution in [3.05, 3.63) is 40.9 Å². The second-order valence-electron chi connectivity index (χ2n) is 6.93. The van der Waals surface area contributed by atoms with Crippen LogP contribution in [0, 0.1) is 5.41 Å². The van der Waals surface area contributed by atoms with Crippen LogP contribution >= 0.6 is 0 Å². The van der Waals surface area contributed by atoms with Gasteiger partial charge < -0.3 is 10.4 Å². The minimum atomic E-state index is -0.852. The van der Waals surface area contributed by atoms with E-state index in [1.54, 1.807) is 18.2 Å². The summed E-state index contributed by atoms with van der Waals surface area (Å²) < 4.78 is 1.41. The summed E-state index contributed by atoms with van der Waals surface area (Å²) in [6, 6.07) is 7.07. The van der Waals surface area contributed by atoms with E-state index in [-0.39, 0.29) is 31.0 Å². The number of aliphatic carboxylic acids is 1. The summed E-state index contributed by atoms with van der Waals surface area (Å²) >= 11 is 0. The van der Waals surface area contributed by atoms with Crippen LogP contribution in [0.5, 0.6) is 0 Å². The molecule has 1 aliphatic carbocycles. The molecular weight excluding hydrogens is 334 g/mol. The van der Waals surface area contributed by atoms with Gasteiger partial charge in [0.25, 0.3) is 5.56 Å². The Balaban J connectivity index is 1.60. The number of hydrogen-bond donors (Lipinski definition) is 2. The number of para-hydroxylation sites is 1. The van der Waals surface area contributed by atoms with E-state index in [2.05, 4.69) is 10.3 Å². The molecule has 1 aromatic heterocycles. The SMILES string of the molecule is O=C(CCn1cnc2ccccc2c1=O)NCC1(C(=O)O)CCCCC1. The fourth-order valence-electron chi connectivity index (χ4n) is 3.54. The molecule has 0 bridgehead atoms. The maximum absolute atomic E-state index is 12.4. The van der Waals surface area contributed by atoms with Crippen LogP contribution in [0.3, 0.4) is 0 Å². The Morgan fingerprint density at radius 1 is 1.19 bits per heavy atom. The van der Waals surface area contributed by atoms with Crippen LogP contribution in [0.25, 0.3) is 10.9 Å². The lowest BCUT2D eigenvalue weighted by molar-refractivity contribution is -0.151. The largest absolute Gasteiger partial charge is 0.481 e. The van der Waals surface area contributed by atoms with Crippen molar-refractivity contribution >= 4 is 22.8 Å². The number of rotatable bonds is 6. The first-order chi connectivity index (χ1) is 12.5. The zero-order valence-electron chi connectivity index (χ0n) is 14.6. The van der Waals surface area contributed by atoms with E-state index in [0.29, 0.717) is 23.7 Å². The molecule has 3 rings (SSSR count).